The van der Waals surface area contributed by atoms with Crippen LogP contribution in [-0.4, -0.2) is 48.8 Å². The van der Waals surface area contributed by atoms with E-state index >= 15 is 0 Å². The zero-order chi connectivity index (χ0) is 16.0. The minimum absolute atomic E-state index is 0.00910. The second-order valence-electron chi connectivity index (χ2n) is 4.14. The van der Waals surface area contributed by atoms with Crippen molar-refractivity contribution >= 4 is 22.0 Å². The lowest BCUT2D eigenvalue weighted by Gasteiger charge is -2.06. The Morgan fingerprint density at radius 3 is 2.67 bits per heavy atom. The molecule has 0 atom stereocenters. The number of carbonyl (C=O) groups excluding carboxylic acids is 1. The molecule has 0 saturated carbocycles. The fourth-order valence-electron chi connectivity index (χ4n) is 1.64. The maximum atomic E-state index is 12.1. The third-order valence-corrected chi connectivity index (χ3v) is 4.14. The van der Waals surface area contributed by atoms with Gasteiger partial charge in [-0.25, -0.2) is 17.9 Å². The van der Waals surface area contributed by atoms with Crippen molar-refractivity contribution in [1.82, 2.24) is 14.9 Å². The van der Waals surface area contributed by atoms with Crippen LogP contribution in [0.1, 0.15) is 35.9 Å². The molecule has 0 unspecified atom stereocenters. The van der Waals surface area contributed by atoms with Crippen LogP contribution in [0.5, 0.6) is 0 Å². The topological polar surface area (TPSA) is 138 Å². The first-order valence-electron chi connectivity index (χ1n) is 6.23. The molecule has 0 fully saturated rings. The maximum Gasteiger partial charge on any atom is 0.357 e. The lowest BCUT2D eigenvalue weighted by molar-refractivity contribution is -0.143. The number of hydrogen-bond acceptors (Lipinski definition) is 6. The molecule has 21 heavy (non-hydrogen) atoms. The molecule has 0 bridgehead atoms. The van der Waals surface area contributed by atoms with E-state index in [2.05, 4.69) is 14.9 Å². The molecule has 1 heterocycles. The van der Waals surface area contributed by atoms with Crippen LogP contribution in [-0.2, 0) is 19.6 Å². The van der Waals surface area contributed by atoms with Gasteiger partial charge in [0.25, 0.3) is 0 Å². The molecule has 0 aliphatic carbocycles. The third-order valence-electron chi connectivity index (χ3n) is 2.52. The van der Waals surface area contributed by atoms with Crippen LogP contribution in [0.4, 0.5) is 0 Å². The summed E-state index contributed by atoms with van der Waals surface area (Å²) < 4.78 is 31.1. The van der Waals surface area contributed by atoms with Crippen molar-refractivity contribution in [3.8, 4) is 0 Å². The molecule has 0 saturated heterocycles. The van der Waals surface area contributed by atoms with Crippen molar-refractivity contribution < 1.29 is 27.9 Å². The van der Waals surface area contributed by atoms with Crippen molar-refractivity contribution in [2.75, 3.05) is 13.2 Å². The Morgan fingerprint density at radius 2 is 2.10 bits per heavy atom. The van der Waals surface area contributed by atoms with Crippen molar-refractivity contribution in [2.24, 2.45) is 0 Å². The SMILES string of the molecule is CCOC(=O)CCCNS(=O)(=O)c1c(C(=O)O)n[nH]c1C. The van der Waals surface area contributed by atoms with E-state index in [0.29, 0.717) is 0 Å². The Hall–Kier alpha value is -1.94. The molecule has 0 aliphatic heterocycles. The van der Waals surface area contributed by atoms with Crippen molar-refractivity contribution in [1.29, 1.82) is 0 Å². The molecule has 0 spiro atoms. The van der Waals surface area contributed by atoms with Gasteiger partial charge in [0.1, 0.15) is 4.90 Å². The van der Waals surface area contributed by atoms with E-state index in [0.717, 1.165) is 0 Å². The Balaban J connectivity index is 2.69. The zero-order valence-electron chi connectivity index (χ0n) is 11.7. The molecule has 9 nitrogen and oxygen atoms in total. The van der Waals surface area contributed by atoms with Crippen LogP contribution in [0.2, 0.25) is 0 Å². The minimum Gasteiger partial charge on any atom is -0.476 e. The first kappa shape index (κ1) is 17.1. The molecule has 1 aromatic heterocycles. The summed E-state index contributed by atoms with van der Waals surface area (Å²) in [5, 5.41) is 14.7. The average molecular weight is 319 g/mol. The molecule has 0 amide bonds. The molecule has 1 aromatic rings. The second-order valence-corrected chi connectivity index (χ2v) is 5.84. The molecule has 0 aliphatic rings. The highest BCUT2D eigenvalue weighted by Gasteiger charge is 2.27. The monoisotopic (exact) mass is 319 g/mol. The van der Waals surface area contributed by atoms with E-state index in [-0.39, 0.29) is 31.7 Å². The summed E-state index contributed by atoms with van der Waals surface area (Å²) in [4.78, 5) is 21.6. The average Bonchev–Trinajstić information content (AvgIpc) is 2.78. The summed E-state index contributed by atoms with van der Waals surface area (Å²) in [6, 6.07) is 0. The molecular weight excluding hydrogens is 302 g/mol. The van der Waals surface area contributed by atoms with Gasteiger partial charge in [-0.3, -0.25) is 9.89 Å². The number of carboxylic acid groups (broad SMARTS) is 1. The van der Waals surface area contributed by atoms with Gasteiger partial charge in [-0.1, -0.05) is 0 Å². The molecular formula is C11H17N3O6S. The largest absolute Gasteiger partial charge is 0.476 e. The van der Waals surface area contributed by atoms with Crippen LogP contribution in [0.25, 0.3) is 0 Å². The number of aryl methyl sites for hydroxylation is 1. The van der Waals surface area contributed by atoms with Gasteiger partial charge in [-0.2, -0.15) is 5.10 Å². The van der Waals surface area contributed by atoms with Gasteiger partial charge < -0.3 is 9.84 Å². The first-order valence-corrected chi connectivity index (χ1v) is 7.71. The van der Waals surface area contributed by atoms with Crippen LogP contribution in [0.3, 0.4) is 0 Å². The number of carboxylic acids is 1. The number of nitrogens with one attached hydrogen (secondary N) is 2. The number of rotatable bonds is 8. The number of hydrogen-bond donors (Lipinski definition) is 3. The first-order chi connectivity index (χ1) is 9.79. The van der Waals surface area contributed by atoms with Crippen LogP contribution >= 0.6 is 0 Å². The van der Waals surface area contributed by atoms with E-state index in [1.807, 2.05) is 0 Å². The number of aromatic carboxylic acids is 1. The molecule has 10 heteroatoms. The number of sulfonamides is 1. The summed E-state index contributed by atoms with van der Waals surface area (Å²) in [7, 11) is -4.01. The van der Waals surface area contributed by atoms with Gasteiger partial charge in [-0.05, 0) is 20.3 Å². The van der Waals surface area contributed by atoms with Gasteiger partial charge in [0.2, 0.25) is 10.0 Å². The summed E-state index contributed by atoms with van der Waals surface area (Å²) in [5.41, 5.74) is -0.435. The number of H-pyrrole nitrogens is 1. The fraction of sp³-hybridized carbons (Fsp3) is 0.545. The minimum atomic E-state index is -4.01. The van der Waals surface area contributed by atoms with Gasteiger partial charge in [0.05, 0.1) is 12.3 Å². The second kappa shape index (κ2) is 7.18. The highest BCUT2D eigenvalue weighted by Crippen LogP contribution is 2.17. The Kier molecular flexibility index (Phi) is 5.85. The number of ether oxygens (including phenoxy) is 1. The molecule has 1 rings (SSSR count). The predicted molar refractivity (Wildman–Crippen MR) is 71.3 cm³/mol. The van der Waals surface area contributed by atoms with Crippen LogP contribution < -0.4 is 4.72 Å². The van der Waals surface area contributed by atoms with Crippen molar-refractivity contribution in [3.63, 3.8) is 0 Å². The summed E-state index contributed by atoms with van der Waals surface area (Å²) in [5.74, 6) is -1.85. The number of aromatic amines is 1. The van der Waals surface area contributed by atoms with Gasteiger partial charge >= 0.3 is 11.9 Å². The quantitative estimate of drug-likeness (QED) is 0.454. The third kappa shape index (κ3) is 4.53. The maximum absolute atomic E-state index is 12.1. The van der Waals surface area contributed by atoms with Gasteiger partial charge in [0, 0.05) is 13.0 Å². The predicted octanol–water partition coefficient (Wildman–Crippen LogP) is 0.0379. The number of carbonyl (C=O) groups is 2. The normalized spacial score (nSPS) is 11.3. The summed E-state index contributed by atoms with van der Waals surface area (Å²) >= 11 is 0. The molecule has 0 aromatic carbocycles. The van der Waals surface area contributed by atoms with Crippen molar-refractivity contribution in [3.05, 3.63) is 11.4 Å². The van der Waals surface area contributed by atoms with E-state index in [4.69, 9.17) is 9.84 Å². The highest BCUT2D eigenvalue weighted by atomic mass is 32.2. The Bertz CT molecular complexity index is 622. The van der Waals surface area contributed by atoms with E-state index < -0.39 is 32.6 Å². The fourth-order valence-corrected chi connectivity index (χ4v) is 3.03. The summed E-state index contributed by atoms with van der Waals surface area (Å²) in [6.07, 6.45) is 0.323. The van der Waals surface area contributed by atoms with E-state index in [1.54, 1.807) is 6.92 Å². The van der Waals surface area contributed by atoms with E-state index in [1.165, 1.54) is 6.92 Å². The van der Waals surface area contributed by atoms with Gasteiger partial charge in [-0.15, -0.1) is 0 Å². The highest BCUT2D eigenvalue weighted by molar-refractivity contribution is 7.89. The molecule has 118 valence electrons. The Morgan fingerprint density at radius 1 is 1.43 bits per heavy atom. The molecule has 3 N–H and O–H groups in total. The van der Waals surface area contributed by atoms with Crippen LogP contribution in [0.15, 0.2) is 4.90 Å². The standard InChI is InChI=1S/C11H17N3O6S/c1-3-20-8(15)5-4-6-12-21(18,19)10-7(2)13-14-9(10)11(16)17/h12H,3-6H2,1-2H3,(H,13,14)(H,16,17). The van der Waals surface area contributed by atoms with E-state index in [9.17, 15) is 18.0 Å². The zero-order valence-corrected chi connectivity index (χ0v) is 12.5. The summed E-state index contributed by atoms with van der Waals surface area (Å²) in [6.45, 7) is 3.34. The van der Waals surface area contributed by atoms with Gasteiger partial charge in [0.15, 0.2) is 5.69 Å². The van der Waals surface area contributed by atoms with Crippen LogP contribution in [0, 0.1) is 6.92 Å². The number of esters is 1. The molecule has 0 radical (unpaired) electrons. The number of aromatic nitrogens is 2. The lowest BCUT2D eigenvalue weighted by atomic mass is 10.3. The Labute approximate surface area is 121 Å². The van der Waals surface area contributed by atoms with Crippen molar-refractivity contribution in [2.45, 2.75) is 31.6 Å². The number of nitrogens with zero attached hydrogens (tertiary/aromatic N) is 1. The smallest absolute Gasteiger partial charge is 0.357 e. The lowest BCUT2D eigenvalue weighted by Crippen LogP contribution is -2.27.